The lowest BCUT2D eigenvalue weighted by Gasteiger charge is -2.25. The summed E-state index contributed by atoms with van der Waals surface area (Å²) in [6.07, 6.45) is 11.1. The van der Waals surface area contributed by atoms with Crippen molar-refractivity contribution in [2.24, 2.45) is 0 Å². The van der Waals surface area contributed by atoms with E-state index in [1.165, 1.54) is 0 Å². The SMILES string of the molecule is CCCN(c1ncccc1C(=O)Nc1ccncc1)n1ccnc1. The minimum atomic E-state index is -0.217. The maximum Gasteiger partial charge on any atom is 0.259 e. The minimum absolute atomic E-state index is 0.217. The summed E-state index contributed by atoms with van der Waals surface area (Å²) in [5, 5.41) is 4.80. The van der Waals surface area contributed by atoms with Crippen molar-refractivity contribution < 1.29 is 4.79 Å². The number of pyridine rings is 2. The molecule has 3 aromatic rings. The number of aromatic nitrogens is 4. The van der Waals surface area contributed by atoms with Crippen LogP contribution in [-0.2, 0) is 0 Å². The highest BCUT2D eigenvalue weighted by atomic mass is 16.1. The zero-order chi connectivity index (χ0) is 16.8. The summed E-state index contributed by atoms with van der Waals surface area (Å²) in [5.74, 6) is 0.370. The monoisotopic (exact) mass is 322 g/mol. The molecule has 0 aliphatic rings. The molecule has 0 spiro atoms. The zero-order valence-electron chi connectivity index (χ0n) is 13.3. The number of rotatable bonds is 6. The third-order valence-corrected chi connectivity index (χ3v) is 3.42. The average molecular weight is 322 g/mol. The molecule has 0 saturated carbocycles. The van der Waals surface area contributed by atoms with E-state index in [1.807, 2.05) is 15.9 Å². The molecule has 0 radical (unpaired) electrons. The molecule has 0 saturated heterocycles. The quantitative estimate of drug-likeness (QED) is 0.755. The van der Waals surface area contributed by atoms with Crippen LogP contribution in [0.4, 0.5) is 11.5 Å². The summed E-state index contributed by atoms with van der Waals surface area (Å²) in [6, 6.07) is 7.00. The standard InChI is InChI=1S/C17H18N6O/c1-2-11-23(22-12-10-19-13-22)16-15(4-3-7-20-16)17(24)21-14-5-8-18-9-6-14/h3-10,12-13H,2,11H2,1H3,(H,18,21,24). The highest BCUT2D eigenvalue weighted by molar-refractivity contribution is 6.07. The number of carbonyl (C=O) groups excluding carboxylic acids is 1. The molecule has 3 aromatic heterocycles. The number of hydrogen-bond donors (Lipinski definition) is 1. The topological polar surface area (TPSA) is 75.9 Å². The van der Waals surface area contributed by atoms with Crippen molar-refractivity contribution in [3.63, 3.8) is 0 Å². The second-order valence-electron chi connectivity index (χ2n) is 5.13. The molecule has 0 aliphatic carbocycles. The first-order valence-electron chi connectivity index (χ1n) is 7.71. The van der Waals surface area contributed by atoms with Gasteiger partial charge in [0.2, 0.25) is 0 Å². The Bertz CT molecular complexity index is 788. The Labute approximate surface area is 140 Å². The van der Waals surface area contributed by atoms with Gasteiger partial charge in [0, 0.05) is 43.2 Å². The average Bonchev–Trinajstić information content (AvgIpc) is 3.15. The molecule has 24 heavy (non-hydrogen) atoms. The number of imidazole rings is 1. The van der Waals surface area contributed by atoms with Gasteiger partial charge in [-0.3, -0.25) is 14.8 Å². The van der Waals surface area contributed by atoms with Gasteiger partial charge in [0.25, 0.3) is 5.91 Å². The highest BCUT2D eigenvalue weighted by Gasteiger charge is 2.18. The molecule has 3 heterocycles. The predicted octanol–water partition coefficient (Wildman–Crippen LogP) is 2.61. The van der Waals surface area contributed by atoms with Crippen LogP contribution >= 0.6 is 0 Å². The van der Waals surface area contributed by atoms with E-state index in [2.05, 4.69) is 27.2 Å². The molecule has 3 rings (SSSR count). The first kappa shape index (κ1) is 15.7. The van der Waals surface area contributed by atoms with Crippen LogP contribution < -0.4 is 10.3 Å². The number of anilines is 2. The van der Waals surface area contributed by atoms with Crippen molar-refractivity contribution in [3.05, 3.63) is 67.1 Å². The number of nitrogens with zero attached hydrogens (tertiary/aromatic N) is 5. The smallest absolute Gasteiger partial charge is 0.259 e. The van der Waals surface area contributed by atoms with Crippen LogP contribution in [0, 0.1) is 0 Å². The van der Waals surface area contributed by atoms with E-state index in [0.717, 1.165) is 6.42 Å². The van der Waals surface area contributed by atoms with E-state index in [0.29, 0.717) is 23.6 Å². The van der Waals surface area contributed by atoms with Crippen LogP contribution in [0.2, 0.25) is 0 Å². The van der Waals surface area contributed by atoms with Gasteiger partial charge in [-0.15, -0.1) is 0 Å². The van der Waals surface area contributed by atoms with Crippen molar-refractivity contribution in [3.8, 4) is 0 Å². The molecule has 1 amide bonds. The van der Waals surface area contributed by atoms with Gasteiger partial charge in [0.05, 0.1) is 5.56 Å². The van der Waals surface area contributed by atoms with Gasteiger partial charge in [-0.1, -0.05) is 6.92 Å². The highest BCUT2D eigenvalue weighted by Crippen LogP contribution is 2.20. The third-order valence-electron chi connectivity index (χ3n) is 3.42. The van der Waals surface area contributed by atoms with E-state index in [1.54, 1.807) is 55.4 Å². The van der Waals surface area contributed by atoms with E-state index >= 15 is 0 Å². The Morgan fingerprint density at radius 1 is 1.17 bits per heavy atom. The summed E-state index contributed by atoms with van der Waals surface area (Å²) in [7, 11) is 0. The van der Waals surface area contributed by atoms with Gasteiger partial charge in [0.1, 0.15) is 6.33 Å². The lowest BCUT2D eigenvalue weighted by Crippen LogP contribution is -2.32. The summed E-state index contributed by atoms with van der Waals surface area (Å²) in [4.78, 5) is 25.1. The molecule has 0 aromatic carbocycles. The molecule has 0 bridgehead atoms. The lowest BCUT2D eigenvalue weighted by atomic mass is 10.2. The van der Waals surface area contributed by atoms with Crippen LogP contribution in [0.1, 0.15) is 23.7 Å². The van der Waals surface area contributed by atoms with Crippen LogP contribution in [-0.4, -0.2) is 32.1 Å². The Balaban J connectivity index is 1.93. The molecule has 0 aliphatic heterocycles. The van der Waals surface area contributed by atoms with E-state index in [4.69, 9.17) is 0 Å². The molecular formula is C17H18N6O. The molecule has 7 heteroatoms. The summed E-state index contributed by atoms with van der Waals surface area (Å²) >= 11 is 0. The second-order valence-corrected chi connectivity index (χ2v) is 5.13. The van der Waals surface area contributed by atoms with E-state index < -0.39 is 0 Å². The number of nitrogens with one attached hydrogen (secondary N) is 1. The van der Waals surface area contributed by atoms with Crippen molar-refractivity contribution in [1.82, 2.24) is 19.6 Å². The summed E-state index contributed by atoms with van der Waals surface area (Å²) in [5.41, 5.74) is 1.19. The van der Waals surface area contributed by atoms with Gasteiger partial charge < -0.3 is 5.32 Å². The van der Waals surface area contributed by atoms with Gasteiger partial charge in [-0.2, -0.15) is 0 Å². The van der Waals surface area contributed by atoms with E-state index in [9.17, 15) is 4.79 Å². The number of hydrogen-bond acceptors (Lipinski definition) is 5. The Morgan fingerprint density at radius 3 is 2.71 bits per heavy atom. The molecule has 122 valence electrons. The Hall–Kier alpha value is -3.22. The Kier molecular flexibility index (Phi) is 4.81. The molecule has 0 atom stereocenters. The van der Waals surface area contributed by atoms with Crippen molar-refractivity contribution >= 4 is 17.4 Å². The van der Waals surface area contributed by atoms with Crippen LogP contribution in [0.5, 0.6) is 0 Å². The largest absolute Gasteiger partial charge is 0.322 e. The van der Waals surface area contributed by atoms with Crippen molar-refractivity contribution in [1.29, 1.82) is 0 Å². The maximum atomic E-state index is 12.7. The second kappa shape index (κ2) is 7.36. The zero-order valence-corrected chi connectivity index (χ0v) is 13.3. The molecule has 0 unspecified atom stereocenters. The molecule has 7 nitrogen and oxygen atoms in total. The first-order valence-corrected chi connectivity index (χ1v) is 7.71. The normalized spacial score (nSPS) is 10.4. The number of carbonyl (C=O) groups is 1. The first-order chi connectivity index (χ1) is 11.8. The van der Waals surface area contributed by atoms with Crippen LogP contribution in [0.15, 0.2) is 61.6 Å². The fourth-order valence-electron chi connectivity index (χ4n) is 2.35. The van der Waals surface area contributed by atoms with Gasteiger partial charge >= 0.3 is 0 Å². The number of amides is 1. The third kappa shape index (κ3) is 3.40. The summed E-state index contributed by atoms with van der Waals surface area (Å²) < 4.78 is 1.83. The predicted molar refractivity (Wildman–Crippen MR) is 91.7 cm³/mol. The minimum Gasteiger partial charge on any atom is -0.322 e. The Morgan fingerprint density at radius 2 is 2.00 bits per heavy atom. The van der Waals surface area contributed by atoms with Crippen LogP contribution in [0.25, 0.3) is 0 Å². The molecule has 0 fully saturated rings. The van der Waals surface area contributed by atoms with Crippen molar-refractivity contribution in [2.75, 3.05) is 16.9 Å². The van der Waals surface area contributed by atoms with Gasteiger partial charge in [-0.25, -0.2) is 14.6 Å². The van der Waals surface area contributed by atoms with Gasteiger partial charge in [-0.05, 0) is 30.7 Å². The molecule has 1 N–H and O–H groups in total. The van der Waals surface area contributed by atoms with Crippen LogP contribution in [0.3, 0.4) is 0 Å². The molecular weight excluding hydrogens is 304 g/mol. The fraction of sp³-hybridized carbons (Fsp3) is 0.176. The lowest BCUT2D eigenvalue weighted by molar-refractivity contribution is 0.102. The fourth-order valence-corrected chi connectivity index (χ4v) is 2.35. The van der Waals surface area contributed by atoms with E-state index in [-0.39, 0.29) is 5.91 Å². The van der Waals surface area contributed by atoms with Gasteiger partial charge in [0.15, 0.2) is 5.82 Å². The summed E-state index contributed by atoms with van der Waals surface area (Å²) in [6.45, 7) is 2.78. The van der Waals surface area contributed by atoms with Crippen molar-refractivity contribution in [2.45, 2.75) is 13.3 Å². The maximum absolute atomic E-state index is 12.7.